The van der Waals surface area contributed by atoms with E-state index >= 15 is 0 Å². The van der Waals surface area contributed by atoms with Crippen molar-refractivity contribution in [2.24, 2.45) is 5.92 Å². The van der Waals surface area contributed by atoms with Crippen LogP contribution in [0.5, 0.6) is 0 Å². The first kappa shape index (κ1) is 13.1. The van der Waals surface area contributed by atoms with E-state index in [0.717, 1.165) is 37.8 Å². The van der Waals surface area contributed by atoms with Gasteiger partial charge in [-0.25, -0.2) is 0 Å². The van der Waals surface area contributed by atoms with Crippen molar-refractivity contribution in [1.82, 2.24) is 20.4 Å². The van der Waals surface area contributed by atoms with Gasteiger partial charge in [0.15, 0.2) is 5.82 Å². The minimum Gasteiger partial charge on any atom is -0.339 e. The van der Waals surface area contributed by atoms with Gasteiger partial charge in [0, 0.05) is 19.5 Å². The summed E-state index contributed by atoms with van der Waals surface area (Å²) in [6, 6.07) is 0. The smallest absolute Gasteiger partial charge is 0.231 e. The molecule has 0 aromatic carbocycles. The minimum atomic E-state index is 0.422. The van der Waals surface area contributed by atoms with Gasteiger partial charge in [-0.3, -0.25) is 0 Å². The van der Waals surface area contributed by atoms with Crippen molar-refractivity contribution in [2.45, 2.75) is 38.5 Å². The Hall–Kier alpha value is -0.940. The molecule has 2 atom stereocenters. The second kappa shape index (κ2) is 6.01. The summed E-state index contributed by atoms with van der Waals surface area (Å²) in [5.41, 5.74) is 0. The molecule has 19 heavy (non-hydrogen) atoms. The Morgan fingerprint density at radius 2 is 2.37 bits per heavy atom. The van der Waals surface area contributed by atoms with Crippen LogP contribution in [0.1, 0.15) is 43.8 Å². The Bertz CT molecular complexity index is 400. The van der Waals surface area contributed by atoms with Crippen LogP contribution in [0.4, 0.5) is 0 Å². The van der Waals surface area contributed by atoms with Gasteiger partial charge in [-0.05, 0) is 44.8 Å². The van der Waals surface area contributed by atoms with Crippen molar-refractivity contribution < 1.29 is 4.52 Å². The summed E-state index contributed by atoms with van der Waals surface area (Å²) in [6.07, 6.45) is 4.61. The van der Waals surface area contributed by atoms with Crippen molar-refractivity contribution in [1.29, 1.82) is 0 Å². The van der Waals surface area contributed by atoms with E-state index in [1.807, 2.05) is 0 Å². The molecule has 5 heteroatoms. The van der Waals surface area contributed by atoms with Crippen LogP contribution in [-0.4, -0.2) is 47.8 Å². The highest BCUT2D eigenvalue weighted by atomic mass is 16.5. The van der Waals surface area contributed by atoms with E-state index in [0.29, 0.717) is 11.8 Å². The van der Waals surface area contributed by atoms with E-state index in [-0.39, 0.29) is 0 Å². The molecule has 0 spiro atoms. The summed E-state index contributed by atoms with van der Waals surface area (Å²) >= 11 is 0. The zero-order valence-corrected chi connectivity index (χ0v) is 11.8. The van der Waals surface area contributed by atoms with Crippen LogP contribution in [0, 0.1) is 5.92 Å². The number of likely N-dealkylation sites (tertiary alicyclic amines) is 1. The van der Waals surface area contributed by atoms with Crippen LogP contribution in [-0.2, 0) is 6.42 Å². The molecule has 2 unspecified atom stereocenters. The van der Waals surface area contributed by atoms with Gasteiger partial charge in [0.2, 0.25) is 5.89 Å². The first-order valence-electron chi connectivity index (χ1n) is 7.60. The minimum absolute atomic E-state index is 0.422. The van der Waals surface area contributed by atoms with E-state index in [1.54, 1.807) is 0 Å². The zero-order chi connectivity index (χ0) is 13.1. The predicted octanol–water partition coefficient (Wildman–Crippen LogP) is 1.42. The van der Waals surface area contributed by atoms with E-state index in [1.165, 1.54) is 32.4 Å². The molecule has 2 aliphatic rings. The molecule has 3 rings (SSSR count). The molecule has 2 fully saturated rings. The van der Waals surface area contributed by atoms with E-state index in [2.05, 4.69) is 27.3 Å². The largest absolute Gasteiger partial charge is 0.339 e. The maximum Gasteiger partial charge on any atom is 0.231 e. The molecule has 106 valence electrons. The highest BCUT2D eigenvalue weighted by Crippen LogP contribution is 2.23. The Morgan fingerprint density at radius 3 is 3.11 bits per heavy atom. The quantitative estimate of drug-likeness (QED) is 0.891. The lowest BCUT2D eigenvalue weighted by Crippen LogP contribution is -2.28. The van der Waals surface area contributed by atoms with Gasteiger partial charge in [0.1, 0.15) is 0 Å². The van der Waals surface area contributed by atoms with Crippen molar-refractivity contribution in [3.8, 4) is 0 Å². The van der Waals surface area contributed by atoms with Crippen LogP contribution in [0.15, 0.2) is 4.52 Å². The standard InChI is InChI=1S/C14H24N4O/c1-2-18-7-5-11(10-18)8-13-16-14(19-17-13)12-4-3-6-15-9-12/h11-12,15H,2-10H2,1H3. The molecular formula is C14H24N4O. The normalized spacial score (nSPS) is 28.9. The van der Waals surface area contributed by atoms with E-state index < -0.39 is 0 Å². The molecule has 1 aromatic heterocycles. The van der Waals surface area contributed by atoms with Crippen LogP contribution < -0.4 is 5.32 Å². The molecule has 0 bridgehead atoms. The number of aromatic nitrogens is 2. The molecule has 0 aliphatic carbocycles. The third kappa shape index (κ3) is 3.15. The molecule has 2 aliphatic heterocycles. The van der Waals surface area contributed by atoms with Gasteiger partial charge in [0.05, 0.1) is 5.92 Å². The summed E-state index contributed by atoms with van der Waals surface area (Å²) in [4.78, 5) is 7.11. The average Bonchev–Trinajstić information content (AvgIpc) is 3.09. The summed E-state index contributed by atoms with van der Waals surface area (Å²) in [7, 11) is 0. The van der Waals surface area contributed by atoms with Gasteiger partial charge in [-0.15, -0.1) is 0 Å². The lowest BCUT2D eigenvalue weighted by Gasteiger charge is -2.18. The summed E-state index contributed by atoms with van der Waals surface area (Å²) in [5, 5.41) is 7.57. The Labute approximate surface area is 114 Å². The molecule has 1 N–H and O–H groups in total. The third-order valence-electron chi connectivity index (χ3n) is 4.42. The summed E-state index contributed by atoms with van der Waals surface area (Å²) < 4.78 is 5.45. The van der Waals surface area contributed by atoms with E-state index in [4.69, 9.17) is 4.52 Å². The van der Waals surface area contributed by atoms with Crippen molar-refractivity contribution in [3.63, 3.8) is 0 Å². The average molecular weight is 264 g/mol. The van der Waals surface area contributed by atoms with Gasteiger partial charge in [-0.1, -0.05) is 12.1 Å². The number of hydrogen-bond donors (Lipinski definition) is 1. The van der Waals surface area contributed by atoms with Crippen molar-refractivity contribution in [2.75, 3.05) is 32.7 Å². The van der Waals surface area contributed by atoms with E-state index in [9.17, 15) is 0 Å². The van der Waals surface area contributed by atoms with Crippen LogP contribution in [0.25, 0.3) is 0 Å². The molecule has 0 radical (unpaired) electrons. The molecule has 5 nitrogen and oxygen atoms in total. The Kier molecular flexibility index (Phi) is 4.13. The maximum atomic E-state index is 5.45. The number of piperidine rings is 1. The highest BCUT2D eigenvalue weighted by Gasteiger charge is 2.25. The zero-order valence-electron chi connectivity index (χ0n) is 11.8. The predicted molar refractivity (Wildman–Crippen MR) is 73.1 cm³/mol. The first-order valence-corrected chi connectivity index (χ1v) is 7.60. The summed E-state index contributed by atoms with van der Waals surface area (Å²) in [5.74, 6) is 2.87. The second-order valence-corrected chi connectivity index (χ2v) is 5.84. The van der Waals surface area contributed by atoms with Crippen LogP contribution >= 0.6 is 0 Å². The van der Waals surface area contributed by atoms with Gasteiger partial charge in [0.25, 0.3) is 0 Å². The van der Waals surface area contributed by atoms with Crippen molar-refractivity contribution >= 4 is 0 Å². The van der Waals surface area contributed by atoms with Crippen molar-refractivity contribution in [3.05, 3.63) is 11.7 Å². The summed E-state index contributed by atoms with van der Waals surface area (Å²) in [6.45, 7) is 7.89. The molecule has 2 saturated heterocycles. The SMILES string of the molecule is CCN1CCC(Cc2noc(C3CCCNC3)n2)C1. The number of hydrogen-bond acceptors (Lipinski definition) is 5. The molecule has 1 aromatic rings. The third-order valence-corrected chi connectivity index (χ3v) is 4.42. The molecular weight excluding hydrogens is 240 g/mol. The van der Waals surface area contributed by atoms with Gasteiger partial charge >= 0.3 is 0 Å². The topological polar surface area (TPSA) is 54.2 Å². The Morgan fingerprint density at radius 1 is 1.42 bits per heavy atom. The maximum absolute atomic E-state index is 5.45. The molecule has 0 amide bonds. The van der Waals surface area contributed by atoms with Gasteiger partial charge < -0.3 is 14.7 Å². The lowest BCUT2D eigenvalue weighted by molar-refractivity contribution is 0.317. The van der Waals surface area contributed by atoms with Gasteiger partial charge in [-0.2, -0.15) is 4.98 Å². The van der Waals surface area contributed by atoms with Crippen LogP contribution in [0.2, 0.25) is 0 Å². The lowest BCUT2D eigenvalue weighted by atomic mass is 10.00. The first-order chi connectivity index (χ1) is 9.35. The Balaban J connectivity index is 1.56. The second-order valence-electron chi connectivity index (χ2n) is 5.84. The molecule has 3 heterocycles. The fourth-order valence-corrected chi connectivity index (χ4v) is 3.20. The number of nitrogens with one attached hydrogen (secondary N) is 1. The fraction of sp³-hybridized carbons (Fsp3) is 0.857. The number of nitrogens with zero attached hydrogens (tertiary/aromatic N) is 3. The monoisotopic (exact) mass is 264 g/mol. The number of rotatable bonds is 4. The molecule has 0 saturated carbocycles. The van der Waals surface area contributed by atoms with Crippen LogP contribution in [0.3, 0.4) is 0 Å². The fourth-order valence-electron chi connectivity index (χ4n) is 3.20. The highest BCUT2D eigenvalue weighted by molar-refractivity contribution is 4.98.